The molecule has 3 N–H and O–H groups in total. The first kappa shape index (κ1) is 14.7. The van der Waals surface area contributed by atoms with Gasteiger partial charge in [-0.3, -0.25) is 9.36 Å². The molecule has 1 atom stereocenters. The number of nitrogen functional groups attached to an aromatic ring is 1. The zero-order valence-corrected chi connectivity index (χ0v) is 13.0. The second-order valence-electron chi connectivity index (χ2n) is 5.18. The smallest absolute Gasteiger partial charge is 0.261 e. The number of para-hydroxylation sites is 1. The molecule has 114 valence electrons. The van der Waals surface area contributed by atoms with Crippen LogP contribution in [-0.2, 0) is 13.1 Å². The van der Waals surface area contributed by atoms with Gasteiger partial charge in [-0.15, -0.1) is 11.3 Å². The largest absolute Gasteiger partial charge is 0.375 e. The van der Waals surface area contributed by atoms with E-state index >= 15 is 0 Å². The molecule has 0 fully saturated rings. The van der Waals surface area contributed by atoms with Gasteiger partial charge in [0.05, 0.1) is 22.9 Å². The third-order valence-electron chi connectivity index (χ3n) is 3.40. The molecule has 0 bridgehead atoms. The van der Waals surface area contributed by atoms with Crippen LogP contribution in [0.5, 0.6) is 0 Å². The summed E-state index contributed by atoms with van der Waals surface area (Å²) in [5.74, 6) is 0. The highest BCUT2D eigenvalue weighted by Gasteiger charge is 2.08. The topological polar surface area (TPSA) is 85.8 Å². The molecule has 6 nitrogen and oxygen atoms in total. The molecule has 22 heavy (non-hydrogen) atoms. The molecular weight excluding hydrogens is 298 g/mol. The number of aromatic nitrogens is 3. The van der Waals surface area contributed by atoms with Crippen molar-refractivity contribution in [2.24, 2.45) is 0 Å². The second-order valence-corrected chi connectivity index (χ2v) is 6.07. The van der Waals surface area contributed by atoms with Gasteiger partial charge < -0.3 is 11.1 Å². The first-order chi connectivity index (χ1) is 10.6. The number of rotatable bonds is 5. The third-order valence-corrected chi connectivity index (χ3v) is 4.13. The summed E-state index contributed by atoms with van der Waals surface area (Å²) in [7, 11) is 0. The fraction of sp³-hybridized carbons (Fsp3) is 0.267. The van der Waals surface area contributed by atoms with Crippen LogP contribution in [0.1, 0.15) is 12.6 Å². The van der Waals surface area contributed by atoms with E-state index in [9.17, 15) is 4.79 Å². The summed E-state index contributed by atoms with van der Waals surface area (Å²) in [6.45, 7) is 3.21. The predicted molar refractivity (Wildman–Crippen MR) is 88.8 cm³/mol. The molecule has 0 aliphatic rings. The van der Waals surface area contributed by atoms with Gasteiger partial charge in [-0.2, -0.15) is 0 Å². The van der Waals surface area contributed by atoms with Crippen LogP contribution in [0.15, 0.2) is 40.8 Å². The van der Waals surface area contributed by atoms with E-state index in [4.69, 9.17) is 5.73 Å². The third kappa shape index (κ3) is 3.15. The van der Waals surface area contributed by atoms with Crippen molar-refractivity contribution in [3.8, 4) is 0 Å². The molecule has 0 aliphatic heterocycles. The van der Waals surface area contributed by atoms with E-state index in [1.807, 2.05) is 30.5 Å². The Kier molecular flexibility index (Phi) is 4.17. The lowest BCUT2D eigenvalue weighted by molar-refractivity contribution is 0.465. The summed E-state index contributed by atoms with van der Waals surface area (Å²) >= 11 is 1.43. The fourth-order valence-electron chi connectivity index (χ4n) is 2.28. The van der Waals surface area contributed by atoms with Crippen LogP contribution in [-0.4, -0.2) is 20.6 Å². The number of fused-ring (bicyclic) bond motifs is 1. The average molecular weight is 315 g/mol. The predicted octanol–water partition coefficient (Wildman–Crippen LogP) is 1.61. The maximum absolute atomic E-state index is 12.4. The van der Waals surface area contributed by atoms with Crippen molar-refractivity contribution in [2.45, 2.75) is 26.1 Å². The van der Waals surface area contributed by atoms with Crippen molar-refractivity contribution in [1.82, 2.24) is 19.9 Å². The van der Waals surface area contributed by atoms with Crippen LogP contribution < -0.4 is 16.6 Å². The number of nitrogens with two attached hydrogens (primary N) is 1. The first-order valence-corrected chi connectivity index (χ1v) is 7.89. The lowest BCUT2D eigenvalue weighted by Crippen LogP contribution is -2.34. The van der Waals surface area contributed by atoms with Crippen LogP contribution in [0.2, 0.25) is 0 Å². The molecule has 0 saturated carbocycles. The van der Waals surface area contributed by atoms with Crippen LogP contribution in [0.25, 0.3) is 10.9 Å². The minimum atomic E-state index is -0.0165. The molecule has 7 heteroatoms. The molecule has 1 aromatic carbocycles. The van der Waals surface area contributed by atoms with Crippen molar-refractivity contribution in [3.63, 3.8) is 0 Å². The van der Waals surface area contributed by atoms with E-state index in [1.54, 1.807) is 17.0 Å². The van der Waals surface area contributed by atoms with Crippen molar-refractivity contribution in [2.75, 3.05) is 5.73 Å². The Morgan fingerprint density at radius 2 is 2.23 bits per heavy atom. The number of anilines is 1. The van der Waals surface area contributed by atoms with Gasteiger partial charge in [-0.1, -0.05) is 12.1 Å². The Morgan fingerprint density at radius 1 is 1.41 bits per heavy atom. The fourth-order valence-corrected chi connectivity index (χ4v) is 2.84. The molecule has 0 spiro atoms. The van der Waals surface area contributed by atoms with Gasteiger partial charge in [0.1, 0.15) is 0 Å². The maximum Gasteiger partial charge on any atom is 0.261 e. The summed E-state index contributed by atoms with van der Waals surface area (Å²) in [6.07, 6.45) is 1.60. The van der Waals surface area contributed by atoms with Crippen LogP contribution >= 0.6 is 11.3 Å². The average Bonchev–Trinajstić information content (AvgIpc) is 2.94. The number of hydrogen-bond donors (Lipinski definition) is 2. The Hall–Kier alpha value is -2.25. The minimum Gasteiger partial charge on any atom is -0.375 e. The highest BCUT2D eigenvalue weighted by Crippen LogP contribution is 2.10. The van der Waals surface area contributed by atoms with E-state index in [0.29, 0.717) is 23.6 Å². The molecule has 0 amide bonds. The summed E-state index contributed by atoms with van der Waals surface area (Å²) in [5, 5.41) is 6.48. The summed E-state index contributed by atoms with van der Waals surface area (Å²) in [4.78, 5) is 20.9. The SMILES string of the molecule is C[C@H](Cn1cnc2ccccc2c1=O)NCc1csc(N)n1. The molecule has 0 saturated heterocycles. The Labute approximate surface area is 131 Å². The van der Waals surface area contributed by atoms with Gasteiger partial charge in [0.25, 0.3) is 5.56 Å². The zero-order valence-electron chi connectivity index (χ0n) is 12.2. The number of benzene rings is 1. The highest BCUT2D eigenvalue weighted by molar-refractivity contribution is 7.13. The summed E-state index contributed by atoms with van der Waals surface area (Å²) in [6, 6.07) is 7.49. The number of nitrogens with one attached hydrogen (secondary N) is 1. The molecule has 0 radical (unpaired) electrons. The number of thiazole rings is 1. The van der Waals surface area contributed by atoms with Gasteiger partial charge in [-0.25, -0.2) is 9.97 Å². The maximum atomic E-state index is 12.4. The van der Waals surface area contributed by atoms with E-state index in [-0.39, 0.29) is 11.6 Å². The van der Waals surface area contributed by atoms with E-state index < -0.39 is 0 Å². The van der Waals surface area contributed by atoms with Crippen molar-refractivity contribution in [3.05, 3.63) is 52.0 Å². The van der Waals surface area contributed by atoms with Gasteiger partial charge in [-0.05, 0) is 19.1 Å². The standard InChI is InChI=1S/C15H17N5OS/c1-10(17-6-11-8-22-15(16)19-11)7-20-9-18-13-5-3-2-4-12(13)14(20)21/h2-5,8-10,17H,6-7H2,1H3,(H2,16,19)/t10-/m1/s1. The monoisotopic (exact) mass is 315 g/mol. The second kappa shape index (κ2) is 6.25. The lowest BCUT2D eigenvalue weighted by Gasteiger charge is -2.14. The zero-order chi connectivity index (χ0) is 15.5. The lowest BCUT2D eigenvalue weighted by atomic mass is 10.2. The number of hydrogen-bond acceptors (Lipinski definition) is 6. The van der Waals surface area contributed by atoms with Crippen LogP contribution in [0, 0.1) is 0 Å². The Balaban J connectivity index is 1.70. The van der Waals surface area contributed by atoms with E-state index in [0.717, 1.165) is 11.2 Å². The molecule has 0 aliphatic carbocycles. The van der Waals surface area contributed by atoms with Crippen LogP contribution in [0.4, 0.5) is 5.13 Å². The Morgan fingerprint density at radius 3 is 3.00 bits per heavy atom. The molecule has 2 aromatic heterocycles. The quantitative estimate of drug-likeness (QED) is 0.747. The van der Waals surface area contributed by atoms with Crippen molar-refractivity contribution >= 4 is 27.4 Å². The van der Waals surface area contributed by atoms with Crippen molar-refractivity contribution in [1.29, 1.82) is 0 Å². The van der Waals surface area contributed by atoms with E-state index in [1.165, 1.54) is 11.3 Å². The minimum absolute atomic E-state index is 0.0165. The molecular formula is C15H17N5OS. The summed E-state index contributed by atoms with van der Waals surface area (Å²) < 4.78 is 1.63. The molecule has 0 unspecified atom stereocenters. The van der Waals surface area contributed by atoms with Gasteiger partial charge in [0.15, 0.2) is 5.13 Å². The van der Waals surface area contributed by atoms with Crippen molar-refractivity contribution < 1.29 is 0 Å². The normalized spacial score (nSPS) is 12.6. The first-order valence-electron chi connectivity index (χ1n) is 7.01. The molecule has 2 heterocycles. The van der Waals surface area contributed by atoms with Gasteiger partial charge in [0.2, 0.25) is 0 Å². The summed E-state index contributed by atoms with van der Waals surface area (Å²) in [5.41, 5.74) is 7.23. The Bertz CT molecular complexity index is 841. The van der Waals surface area contributed by atoms with Gasteiger partial charge >= 0.3 is 0 Å². The van der Waals surface area contributed by atoms with Gasteiger partial charge in [0, 0.05) is 24.5 Å². The molecule has 3 rings (SSSR count). The van der Waals surface area contributed by atoms with Crippen LogP contribution in [0.3, 0.4) is 0 Å². The molecule has 3 aromatic rings. The number of nitrogens with zero attached hydrogens (tertiary/aromatic N) is 3. The highest BCUT2D eigenvalue weighted by atomic mass is 32.1. The van der Waals surface area contributed by atoms with E-state index in [2.05, 4.69) is 15.3 Å².